The van der Waals surface area contributed by atoms with Gasteiger partial charge in [0.25, 0.3) is 11.8 Å². The van der Waals surface area contributed by atoms with Crippen molar-refractivity contribution in [3.63, 3.8) is 0 Å². The molecule has 0 aromatic heterocycles. The molecule has 4 nitrogen and oxygen atoms in total. The minimum absolute atomic E-state index is 0.0386. The molecule has 2 amide bonds. The minimum atomic E-state index is -0.269. The highest BCUT2D eigenvalue weighted by molar-refractivity contribution is 6.30. The highest BCUT2D eigenvalue weighted by Gasteiger charge is 2.12. The largest absolute Gasteiger partial charge is 0.350 e. The van der Waals surface area contributed by atoms with Gasteiger partial charge in [0.05, 0.1) is 0 Å². The van der Waals surface area contributed by atoms with Crippen LogP contribution in [0.2, 0.25) is 5.02 Å². The Kier molecular flexibility index (Phi) is 5.40. The van der Waals surface area contributed by atoms with E-state index in [9.17, 15) is 9.59 Å². The fourth-order valence-corrected chi connectivity index (χ4v) is 2.34. The molecule has 0 unspecified atom stereocenters. The summed E-state index contributed by atoms with van der Waals surface area (Å²) in [5.41, 5.74) is 2.45. The second kappa shape index (κ2) is 7.29. The maximum Gasteiger partial charge on any atom is 0.255 e. The van der Waals surface area contributed by atoms with Crippen molar-refractivity contribution >= 4 is 29.1 Å². The molecule has 2 N–H and O–H groups in total. The standard InChI is InChI=1S/C18H19ClN2O2/c1-11(2)20-17(22)13-5-4-6-14(10-13)18(23)21-16-8-7-15(19)9-12(16)3/h4-11H,1-3H3,(H,20,22)(H,21,23). The first-order valence-electron chi connectivity index (χ1n) is 7.35. The molecule has 2 rings (SSSR count). The molecule has 0 aliphatic rings. The molecule has 0 bridgehead atoms. The van der Waals surface area contributed by atoms with E-state index in [1.165, 1.54) is 0 Å². The third-order valence-corrected chi connectivity index (χ3v) is 3.48. The average Bonchev–Trinajstić information content (AvgIpc) is 2.49. The number of halogens is 1. The van der Waals surface area contributed by atoms with E-state index in [0.29, 0.717) is 21.8 Å². The number of benzene rings is 2. The van der Waals surface area contributed by atoms with E-state index < -0.39 is 0 Å². The lowest BCUT2D eigenvalue weighted by molar-refractivity contribution is 0.0943. The molecule has 0 radical (unpaired) electrons. The van der Waals surface area contributed by atoms with Gasteiger partial charge in [0, 0.05) is 27.9 Å². The first kappa shape index (κ1) is 17.0. The Morgan fingerprint density at radius 1 is 1.00 bits per heavy atom. The normalized spacial score (nSPS) is 10.5. The monoisotopic (exact) mass is 330 g/mol. The number of hydrogen-bond donors (Lipinski definition) is 2. The van der Waals surface area contributed by atoms with Gasteiger partial charge in [-0.15, -0.1) is 0 Å². The van der Waals surface area contributed by atoms with E-state index >= 15 is 0 Å². The molecule has 0 spiro atoms. The minimum Gasteiger partial charge on any atom is -0.350 e. The van der Waals surface area contributed by atoms with Crippen molar-refractivity contribution < 1.29 is 9.59 Å². The molecule has 0 saturated carbocycles. The van der Waals surface area contributed by atoms with Crippen LogP contribution in [0.1, 0.15) is 40.1 Å². The maximum atomic E-state index is 12.4. The van der Waals surface area contributed by atoms with Crippen molar-refractivity contribution in [1.82, 2.24) is 5.32 Å². The summed E-state index contributed by atoms with van der Waals surface area (Å²) >= 11 is 5.91. The van der Waals surface area contributed by atoms with Gasteiger partial charge in [-0.25, -0.2) is 0 Å². The average molecular weight is 331 g/mol. The first-order valence-corrected chi connectivity index (χ1v) is 7.73. The molecule has 0 fully saturated rings. The summed E-state index contributed by atoms with van der Waals surface area (Å²) in [5.74, 6) is -0.466. The molecule has 23 heavy (non-hydrogen) atoms. The topological polar surface area (TPSA) is 58.2 Å². The smallest absolute Gasteiger partial charge is 0.255 e. The quantitative estimate of drug-likeness (QED) is 0.888. The molecule has 120 valence electrons. The number of aryl methyl sites for hydroxylation is 1. The lowest BCUT2D eigenvalue weighted by Gasteiger charge is -2.11. The Morgan fingerprint density at radius 2 is 1.65 bits per heavy atom. The third-order valence-electron chi connectivity index (χ3n) is 3.24. The van der Waals surface area contributed by atoms with Gasteiger partial charge in [-0.2, -0.15) is 0 Å². The van der Waals surface area contributed by atoms with Gasteiger partial charge in [-0.3, -0.25) is 9.59 Å². The number of rotatable bonds is 4. The van der Waals surface area contributed by atoms with Crippen LogP contribution in [0.15, 0.2) is 42.5 Å². The second-order valence-electron chi connectivity index (χ2n) is 5.62. The zero-order chi connectivity index (χ0) is 17.0. The second-order valence-corrected chi connectivity index (χ2v) is 6.06. The molecule has 0 saturated heterocycles. The van der Waals surface area contributed by atoms with E-state index in [0.717, 1.165) is 5.56 Å². The molecular weight excluding hydrogens is 312 g/mol. The van der Waals surface area contributed by atoms with Crippen LogP contribution < -0.4 is 10.6 Å². The summed E-state index contributed by atoms with van der Waals surface area (Å²) in [6.45, 7) is 5.64. The zero-order valence-corrected chi connectivity index (χ0v) is 14.1. The Bertz CT molecular complexity index is 742. The van der Waals surface area contributed by atoms with Crippen LogP contribution in [0.4, 0.5) is 5.69 Å². The van der Waals surface area contributed by atoms with Crippen molar-refractivity contribution in [2.45, 2.75) is 26.8 Å². The van der Waals surface area contributed by atoms with Crippen molar-refractivity contribution in [3.05, 3.63) is 64.2 Å². The number of amides is 2. The van der Waals surface area contributed by atoms with Gasteiger partial charge in [0.2, 0.25) is 0 Å². The van der Waals surface area contributed by atoms with Crippen LogP contribution in [0, 0.1) is 6.92 Å². The van der Waals surface area contributed by atoms with Crippen molar-refractivity contribution in [2.75, 3.05) is 5.32 Å². The number of nitrogens with one attached hydrogen (secondary N) is 2. The van der Waals surface area contributed by atoms with Gasteiger partial charge >= 0.3 is 0 Å². The molecule has 0 aliphatic heterocycles. The Balaban J connectivity index is 2.18. The highest BCUT2D eigenvalue weighted by atomic mass is 35.5. The Hall–Kier alpha value is -2.33. The lowest BCUT2D eigenvalue weighted by atomic mass is 10.1. The van der Waals surface area contributed by atoms with E-state index in [1.807, 2.05) is 20.8 Å². The predicted molar refractivity (Wildman–Crippen MR) is 93.2 cm³/mol. The summed E-state index contributed by atoms with van der Waals surface area (Å²) < 4.78 is 0. The fourth-order valence-electron chi connectivity index (χ4n) is 2.11. The Labute approximate surface area is 140 Å². The van der Waals surface area contributed by atoms with Crippen LogP contribution >= 0.6 is 11.6 Å². The van der Waals surface area contributed by atoms with Gasteiger partial charge < -0.3 is 10.6 Å². The van der Waals surface area contributed by atoms with Gasteiger partial charge in [0.1, 0.15) is 0 Å². The third kappa shape index (κ3) is 4.57. The number of carbonyl (C=O) groups excluding carboxylic acids is 2. The van der Waals surface area contributed by atoms with Crippen molar-refractivity contribution in [2.24, 2.45) is 0 Å². The molecule has 5 heteroatoms. The van der Waals surface area contributed by atoms with E-state index in [4.69, 9.17) is 11.6 Å². The van der Waals surface area contributed by atoms with E-state index in [-0.39, 0.29) is 17.9 Å². The van der Waals surface area contributed by atoms with E-state index in [1.54, 1.807) is 42.5 Å². The summed E-state index contributed by atoms with van der Waals surface area (Å²) in [4.78, 5) is 24.4. The summed E-state index contributed by atoms with van der Waals surface area (Å²) in [7, 11) is 0. The molecule has 0 aliphatic carbocycles. The molecular formula is C18H19ClN2O2. The zero-order valence-electron chi connectivity index (χ0n) is 13.3. The number of hydrogen-bond acceptors (Lipinski definition) is 2. The van der Waals surface area contributed by atoms with Crippen LogP contribution in [-0.2, 0) is 0 Å². The van der Waals surface area contributed by atoms with E-state index in [2.05, 4.69) is 10.6 Å². The first-order chi connectivity index (χ1) is 10.9. The SMILES string of the molecule is Cc1cc(Cl)ccc1NC(=O)c1cccc(C(=O)NC(C)C)c1. The van der Waals surface area contributed by atoms with Crippen molar-refractivity contribution in [1.29, 1.82) is 0 Å². The number of anilines is 1. The Morgan fingerprint density at radius 3 is 2.26 bits per heavy atom. The molecule has 0 atom stereocenters. The highest BCUT2D eigenvalue weighted by Crippen LogP contribution is 2.20. The van der Waals surface area contributed by atoms with Crippen LogP contribution in [0.3, 0.4) is 0 Å². The summed E-state index contributed by atoms with van der Waals surface area (Å²) in [6, 6.07) is 11.9. The molecule has 2 aromatic carbocycles. The summed E-state index contributed by atoms with van der Waals surface area (Å²) in [6.07, 6.45) is 0. The summed E-state index contributed by atoms with van der Waals surface area (Å²) in [5, 5.41) is 6.25. The van der Waals surface area contributed by atoms with Crippen LogP contribution in [0.5, 0.6) is 0 Å². The van der Waals surface area contributed by atoms with Gasteiger partial charge in [-0.05, 0) is 62.7 Å². The van der Waals surface area contributed by atoms with Gasteiger partial charge in [0.15, 0.2) is 0 Å². The van der Waals surface area contributed by atoms with Gasteiger partial charge in [-0.1, -0.05) is 17.7 Å². The lowest BCUT2D eigenvalue weighted by Crippen LogP contribution is -2.30. The predicted octanol–water partition coefficient (Wildman–Crippen LogP) is 4.04. The van der Waals surface area contributed by atoms with Crippen LogP contribution in [0.25, 0.3) is 0 Å². The molecule has 2 aromatic rings. The van der Waals surface area contributed by atoms with Crippen molar-refractivity contribution in [3.8, 4) is 0 Å². The molecule has 0 heterocycles. The van der Waals surface area contributed by atoms with Crippen LogP contribution in [-0.4, -0.2) is 17.9 Å². The fraction of sp³-hybridized carbons (Fsp3) is 0.222. The number of carbonyl (C=O) groups is 2. The maximum absolute atomic E-state index is 12.4.